The number of carbonyl (C=O) groups excluding carboxylic acids is 1. The number of amides is 2. The number of carbonyl (C=O) groups is 2. The molecule has 0 atom stereocenters. The molecule has 21 heavy (non-hydrogen) atoms. The van der Waals surface area contributed by atoms with Gasteiger partial charge in [0.05, 0.1) is 19.8 Å². The van der Waals surface area contributed by atoms with Crippen LogP contribution in [-0.4, -0.2) is 93.1 Å². The number of aliphatic carboxylic acids is 1. The highest BCUT2D eigenvalue weighted by atomic mass is 16.5. The van der Waals surface area contributed by atoms with E-state index in [2.05, 4.69) is 5.32 Å². The van der Waals surface area contributed by atoms with E-state index in [1.807, 2.05) is 4.90 Å². The van der Waals surface area contributed by atoms with Gasteiger partial charge in [-0.25, -0.2) is 4.79 Å². The highest BCUT2D eigenvalue weighted by molar-refractivity contribution is 5.74. The fourth-order valence-corrected chi connectivity index (χ4v) is 2.03. The van der Waals surface area contributed by atoms with Gasteiger partial charge in [0.25, 0.3) is 0 Å². The maximum Gasteiger partial charge on any atom is 0.317 e. The van der Waals surface area contributed by atoms with Gasteiger partial charge in [-0.2, -0.15) is 0 Å². The van der Waals surface area contributed by atoms with Crippen LogP contribution in [0.15, 0.2) is 0 Å². The molecule has 0 aromatic rings. The Bertz CT molecular complexity index is 319. The highest BCUT2D eigenvalue weighted by Gasteiger charge is 2.21. The Morgan fingerprint density at radius 2 is 1.86 bits per heavy atom. The van der Waals surface area contributed by atoms with Crippen LogP contribution >= 0.6 is 0 Å². The normalized spacial score (nSPS) is 16.0. The maximum absolute atomic E-state index is 11.9. The lowest BCUT2D eigenvalue weighted by molar-refractivity contribution is -0.138. The number of methoxy groups -OCH3 is 1. The molecule has 1 saturated heterocycles. The molecule has 0 spiro atoms. The Balaban J connectivity index is 2.04. The first kappa shape index (κ1) is 17.7. The van der Waals surface area contributed by atoms with E-state index >= 15 is 0 Å². The lowest BCUT2D eigenvalue weighted by Gasteiger charge is -2.33. The second kappa shape index (κ2) is 10.4. The summed E-state index contributed by atoms with van der Waals surface area (Å²) in [6.45, 7) is 4.65. The second-order valence-corrected chi connectivity index (χ2v) is 4.85. The molecule has 8 heteroatoms. The third-order valence-corrected chi connectivity index (χ3v) is 3.19. The van der Waals surface area contributed by atoms with Crippen molar-refractivity contribution < 1.29 is 24.2 Å². The number of ether oxygens (including phenoxy) is 2. The van der Waals surface area contributed by atoms with Crippen LogP contribution in [0.25, 0.3) is 0 Å². The van der Waals surface area contributed by atoms with E-state index < -0.39 is 5.97 Å². The maximum atomic E-state index is 11.9. The van der Waals surface area contributed by atoms with E-state index in [4.69, 9.17) is 14.6 Å². The number of nitrogens with one attached hydrogen (secondary N) is 1. The van der Waals surface area contributed by atoms with Gasteiger partial charge in [-0.3, -0.25) is 9.69 Å². The first-order valence-electron chi connectivity index (χ1n) is 7.17. The Kier molecular flexibility index (Phi) is 8.72. The lowest BCUT2D eigenvalue weighted by Crippen LogP contribution is -2.52. The summed E-state index contributed by atoms with van der Waals surface area (Å²) in [5.74, 6) is -0.832. The van der Waals surface area contributed by atoms with E-state index in [0.29, 0.717) is 52.5 Å². The predicted octanol–water partition coefficient (Wildman–Crippen LogP) is -0.549. The number of carboxylic acid groups (broad SMARTS) is 1. The topological polar surface area (TPSA) is 91.3 Å². The predicted molar refractivity (Wildman–Crippen MR) is 76.4 cm³/mol. The lowest BCUT2D eigenvalue weighted by atomic mass is 10.3. The number of urea groups is 1. The number of hydrogen-bond acceptors (Lipinski definition) is 5. The molecule has 0 aromatic carbocycles. The molecule has 1 aliphatic rings. The zero-order valence-electron chi connectivity index (χ0n) is 12.5. The van der Waals surface area contributed by atoms with Crippen molar-refractivity contribution in [2.45, 2.75) is 6.42 Å². The van der Waals surface area contributed by atoms with Gasteiger partial charge in [0.15, 0.2) is 0 Å². The SMILES string of the molecule is COCCOCCCNC(=O)N1CCN(CC(=O)O)CC1. The van der Waals surface area contributed by atoms with E-state index in [-0.39, 0.29) is 12.6 Å². The van der Waals surface area contributed by atoms with E-state index in [0.717, 1.165) is 6.42 Å². The molecule has 8 nitrogen and oxygen atoms in total. The molecule has 122 valence electrons. The quantitative estimate of drug-likeness (QED) is 0.556. The third kappa shape index (κ3) is 7.84. The number of piperazine rings is 1. The number of carboxylic acids is 1. The molecule has 0 unspecified atom stereocenters. The van der Waals surface area contributed by atoms with Crippen LogP contribution in [0.4, 0.5) is 4.79 Å². The van der Waals surface area contributed by atoms with Gasteiger partial charge in [-0.05, 0) is 6.42 Å². The van der Waals surface area contributed by atoms with Gasteiger partial charge in [0, 0.05) is 46.4 Å². The van der Waals surface area contributed by atoms with Crippen molar-refractivity contribution in [1.82, 2.24) is 15.1 Å². The highest BCUT2D eigenvalue weighted by Crippen LogP contribution is 2.01. The van der Waals surface area contributed by atoms with Crippen LogP contribution in [0.5, 0.6) is 0 Å². The molecule has 0 radical (unpaired) electrons. The minimum atomic E-state index is -0.832. The summed E-state index contributed by atoms with van der Waals surface area (Å²) in [7, 11) is 1.62. The summed E-state index contributed by atoms with van der Waals surface area (Å²) >= 11 is 0. The molecular formula is C13H25N3O5. The Labute approximate surface area is 125 Å². The van der Waals surface area contributed by atoms with Crippen LogP contribution in [-0.2, 0) is 14.3 Å². The molecular weight excluding hydrogens is 278 g/mol. The molecule has 0 aliphatic carbocycles. The van der Waals surface area contributed by atoms with Crippen molar-refractivity contribution in [2.75, 3.05) is 66.2 Å². The molecule has 1 aliphatic heterocycles. The fourth-order valence-electron chi connectivity index (χ4n) is 2.03. The van der Waals surface area contributed by atoms with Gasteiger partial charge >= 0.3 is 12.0 Å². The average Bonchev–Trinajstić information content (AvgIpc) is 2.46. The Hall–Kier alpha value is -1.38. The smallest absolute Gasteiger partial charge is 0.317 e. The van der Waals surface area contributed by atoms with Crippen LogP contribution in [0.3, 0.4) is 0 Å². The monoisotopic (exact) mass is 303 g/mol. The van der Waals surface area contributed by atoms with Crippen LogP contribution in [0, 0.1) is 0 Å². The van der Waals surface area contributed by atoms with Gasteiger partial charge in [0.1, 0.15) is 0 Å². The summed E-state index contributed by atoms with van der Waals surface area (Å²) in [4.78, 5) is 26.0. The minimum absolute atomic E-state index is 0.0360. The van der Waals surface area contributed by atoms with Crippen molar-refractivity contribution in [1.29, 1.82) is 0 Å². The van der Waals surface area contributed by atoms with Crippen molar-refractivity contribution in [3.05, 3.63) is 0 Å². The fraction of sp³-hybridized carbons (Fsp3) is 0.846. The summed E-state index contributed by atoms with van der Waals surface area (Å²) in [5.41, 5.74) is 0. The van der Waals surface area contributed by atoms with Crippen molar-refractivity contribution in [3.8, 4) is 0 Å². The van der Waals surface area contributed by atoms with Gasteiger partial charge in [-0.15, -0.1) is 0 Å². The third-order valence-electron chi connectivity index (χ3n) is 3.19. The summed E-state index contributed by atoms with van der Waals surface area (Å²) in [6.07, 6.45) is 0.758. The summed E-state index contributed by atoms with van der Waals surface area (Å²) in [5, 5.41) is 11.5. The molecule has 1 fully saturated rings. The van der Waals surface area contributed by atoms with E-state index in [1.54, 1.807) is 12.0 Å². The average molecular weight is 303 g/mol. The molecule has 0 saturated carbocycles. The Morgan fingerprint density at radius 1 is 1.14 bits per heavy atom. The molecule has 0 bridgehead atoms. The number of hydrogen-bond donors (Lipinski definition) is 2. The van der Waals surface area contributed by atoms with Crippen LogP contribution in [0.1, 0.15) is 6.42 Å². The van der Waals surface area contributed by atoms with Gasteiger partial charge < -0.3 is 24.8 Å². The standard InChI is InChI=1S/C13H25N3O5/c1-20-9-10-21-8-2-3-14-13(19)16-6-4-15(5-7-16)11-12(17)18/h2-11H2,1H3,(H,14,19)(H,17,18). The first-order chi connectivity index (χ1) is 10.1. The van der Waals surface area contributed by atoms with E-state index in [1.165, 1.54) is 0 Å². The number of nitrogens with zero attached hydrogens (tertiary/aromatic N) is 2. The first-order valence-corrected chi connectivity index (χ1v) is 7.17. The summed E-state index contributed by atoms with van der Waals surface area (Å²) < 4.78 is 10.2. The van der Waals surface area contributed by atoms with Gasteiger partial charge in [-0.1, -0.05) is 0 Å². The molecule has 1 heterocycles. The van der Waals surface area contributed by atoms with Crippen molar-refractivity contribution in [3.63, 3.8) is 0 Å². The zero-order valence-corrected chi connectivity index (χ0v) is 12.5. The zero-order chi connectivity index (χ0) is 15.5. The Morgan fingerprint density at radius 3 is 2.48 bits per heavy atom. The minimum Gasteiger partial charge on any atom is -0.480 e. The van der Waals surface area contributed by atoms with E-state index in [9.17, 15) is 9.59 Å². The molecule has 0 aromatic heterocycles. The largest absolute Gasteiger partial charge is 0.480 e. The van der Waals surface area contributed by atoms with Crippen LogP contribution < -0.4 is 5.32 Å². The van der Waals surface area contributed by atoms with Gasteiger partial charge in [0.2, 0.25) is 0 Å². The van der Waals surface area contributed by atoms with Crippen molar-refractivity contribution >= 4 is 12.0 Å². The molecule has 2 amide bonds. The van der Waals surface area contributed by atoms with Crippen molar-refractivity contribution in [2.24, 2.45) is 0 Å². The summed E-state index contributed by atoms with van der Waals surface area (Å²) in [6, 6.07) is -0.0955. The second-order valence-electron chi connectivity index (χ2n) is 4.85. The molecule has 1 rings (SSSR count). The van der Waals surface area contributed by atoms with Crippen LogP contribution in [0.2, 0.25) is 0 Å². The molecule has 2 N–H and O–H groups in total. The number of rotatable bonds is 9.